The minimum absolute atomic E-state index is 0.103. The Bertz CT molecular complexity index is 1140. The molecule has 0 radical (unpaired) electrons. The summed E-state index contributed by atoms with van der Waals surface area (Å²) in [6.45, 7) is 12.7. The zero-order valence-electron chi connectivity index (χ0n) is 20.6. The smallest absolute Gasteiger partial charge is 0.225 e. The monoisotopic (exact) mass is 461 g/mol. The lowest BCUT2D eigenvalue weighted by Crippen LogP contribution is -2.51. The fourth-order valence-corrected chi connectivity index (χ4v) is 5.45. The maximum Gasteiger partial charge on any atom is 0.225 e. The molecule has 0 spiro atoms. The van der Waals surface area contributed by atoms with Crippen molar-refractivity contribution in [3.05, 3.63) is 41.7 Å². The molecular weight excluding hydrogens is 426 g/mol. The van der Waals surface area contributed by atoms with Crippen LogP contribution in [0.1, 0.15) is 37.6 Å². The molecular formula is C26H35N7O. The summed E-state index contributed by atoms with van der Waals surface area (Å²) in [7, 11) is 0. The number of benzene rings is 1. The zero-order valence-corrected chi connectivity index (χ0v) is 20.6. The summed E-state index contributed by atoms with van der Waals surface area (Å²) < 4.78 is 1.99. The number of carbonyl (C=O) groups is 1. The Kier molecular flexibility index (Phi) is 6.50. The molecule has 0 bridgehead atoms. The van der Waals surface area contributed by atoms with Gasteiger partial charge < -0.3 is 9.80 Å². The number of nitrogens with zero attached hydrogens (tertiary/aromatic N) is 7. The summed E-state index contributed by atoms with van der Waals surface area (Å²) in [6, 6.07) is 10.2. The van der Waals surface area contributed by atoms with Crippen molar-refractivity contribution in [2.45, 2.75) is 40.0 Å². The maximum atomic E-state index is 13.2. The van der Waals surface area contributed by atoms with E-state index in [1.54, 1.807) is 0 Å². The molecule has 2 fully saturated rings. The lowest BCUT2D eigenvalue weighted by atomic mass is 9.95. The number of rotatable bonds is 5. The first kappa shape index (κ1) is 22.8. The molecule has 4 heterocycles. The molecule has 8 heteroatoms. The number of piperazine rings is 1. The van der Waals surface area contributed by atoms with Crippen molar-refractivity contribution in [2.75, 3.05) is 50.7 Å². The van der Waals surface area contributed by atoms with Gasteiger partial charge in [0.2, 0.25) is 5.91 Å². The number of para-hydroxylation sites is 1. The highest BCUT2D eigenvalue weighted by atomic mass is 16.2. The van der Waals surface area contributed by atoms with Gasteiger partial charge in [-0.3, -0.25) is 9.69 Å². The minimum atomic E-state index is 0.103. The van der Waals surface area contributed by atoms with E-state index in [0.29, 0.717) is 5.91 Å². The Morgan fingerprint density at radius 3 is 2.35 bits per heavy atom. The van der Waals surface area contributed by atoms with Crippen LogP contribution in [0.25, 0.3) is 16.6 Å². The second-order valence-electron chi connectivity index (χ2n) is 9.59. The summed E-state index contributed by atoms with van der Waals surface area (Å²) in [4.78, 5) is 20.0. The molecule has 2 saturated heterocycles. The van der Waals surface area contributed by atoms with Crippen molar-refractivity contribution in [2.24, 2.45) is 5.92 Å². The van der Waals surface area contributed by atoms with Crippen LogP contribution in [0.3, 0.4) is 0 Å². The predicted molar refractivity (Wildman–Crippen MR) is 134 cm³/mol. The number of aromatic nitrogens is 4. The van der Waals surface area contributed by atoms with Crippen LogP contribution in [-0.2, 0) is 4.79 Å². The Morgan fingerprint density at radius 2 is 1.68 bits per heavy atom. The van der Waals surface area contributed by atoms with Crippen LogP contribution in [0.2, 0.25) is 0 Å². The molecule has 2 aliphatic heterocycles. The lowest BCUT2D eigenvalue weighted by Gasteiger charge is -2.38. The van der Waals surface area contributed by atoms with Crippen molar-refractivity contribution in [1.29, 1.82) is 0 Å². The van der Waals surface area contributed by atoms with Crippen LogP contribution in [0.15, 0.2) is 30.3 Å². The Hall–Kier alpha value is -3.00. The molecule has 0 unspecified atom stereocenters. The van der Waals surface area contributed by atoms with Crippen LogP contribution in [0.4, 0.5) is 5.82 Å². The highest BCUT2D eigenvalue weighted by Gasteiger charge is 2.32. The van der Waals surface area contributed by atoms with Gasteiger partial charge in [-0.2, -0.15) is 10.2 Å². The van der Waals surface area contributed by atoms with Crippen LogP contribution in [-0.4, -0.2) is 81.5 Å². The molecule has 2 aromatic heterocycles. The molecule has 180 valence electrons. The third-order valence-corrected chi connectivity index (χ3v) is 7.35. The minimum Gasteiger partial charge on any atom is -0.353 e. The quantitative estimate of drug-likeness (QED) is 0.581. The SMILES string of the molecule is CCCN1CCN(C(=O)C2CCN(c3nnc(C)c4c(C)n(-c5ccccc5)nc34)CC2)CC1. The number of aryl methyl sites for hydroxylation is 2. The van der Waals surface area contributed by atoms with Crippen LogP contribution >= 0.6 is 0 Å². The topological polar surface area (TPSA) is 70.4 Å². The van der Waals surface area contributed by atoms with Crippen LogP contribution in [0.5, 0.6) is 0 Å². The summed E-state index contributed by atoms with van der Waals surface area (Å²) in [6.07, 6.45) is 2.87. The average molecular weight is 462 g/mol. The van der Waals surface area contributed by atoms with Gasteiger partial charge in [0.15, 0.2) is 5.82 Å². The van der Waals surface area contributed by atoms with Crippen LogP contribution < -0.4 is 4.90 Å². The summed E-state index contributed by atoms with van der Waals surface area (Å²) in [5, 5.41) is 15.1. The second kappa shape index (κ2) is 9.70. The molecule has 2 aliphatic rings. The van der Waals surface area contributed by atoms with E-state index in [2.05, 4.69) is 50.9 Å². The van der Waals surface area contributed by atoms with E-state index in [1.165, 1.54) is 6.42 Å². The van der Waals surface area contributed by atoms with Crippen molar-refractivity contribution in [3.63, 3.8) is 0 Å². The van der Waals surface area contributed by atoms with Gasteiger partial charge in [-0.05, 0) is 51.8 Å². The fraction of sp³-hybridized carbons (Fsp3) is 0.538. The number of fused-ring (bicyclic) bond motifs is 1. The first-order valence-corrected chi connectivity index (χ1v) is 12.6. The fourth-order valence-electron chi connectivity index (χ4n) is 5.45. The number of anilines is 1. The van der Waals surface area contributed by atoms with E-state index in [1.807, 2.05) is 29.8 Å². The first-order chi connectivity index (χ1) is 16.6. The second-order valence-corrected chi connectivity index (χ2v) is 9.59. The standard InChI is InChI=1S/C26H35N7O/c1-4-12-30-15-17-32(18-16-30)26(34)21-10-13-31(14-11-21)25-24-23(19(2)27-28-25)20(3)33(29-24)22-8-6-5-7-9-22/h5-9,21H,4,10-18H2,1-3H3. The molecule has 3 aromatic rings. The number of hydrogen-bond acceptors (Lipinski definition) is 6. The van der Waals surface area contributed by atoms with Crippen LogP contribution in [0, 0.1) is 19.8 Å². The van der Waals surface area contributed by atoms with Gasteiger partial charge in [-0.15, -0.1) is 5.10 Å². The zero-order chi connectivity index (χ0) is 23.7. The average Bonchev–Trinajstić information content (AvgIpc) is 3.23. The van der Waals surface area contributed by atoms with Gasteiger partial charge in [0.25, 0.3) is 0 Å². The molecule has 0 saturated carbocycles. The molecule has 8 nitrogen and oxygen atoms in total. The van der Waals surface area contributed by atoms with Gasteiger partial charge in [0, 0.05) is 45.2 Å². The highest BCUT2D eigenvalue weighted by Crippen LogP contribution is 2.32. The summed E-state index contributed by atoms with van der Waals surface area (Å²) in [5.41, 5.74) is 3.89. The van der Waals surface area contributed by atoms with Crippen molar-refractivity contribution < 1.29 is 4.79 Å². The van der Waals surface area contributed by atoms with E-state index in [-0.39, 0.29) is 5.92 Å². The predicted octanol–water partition coefficient (Wildman–Crippen LogP) is 3.20. The molecule has 5 rings (SSSR count). The molecule has 0 aliphatic carbocycles. The summed E-state index contributed by atoms with van der Waals surface area (Å²) in [5.74, 6) is 1.27. The molecule has 34 heavy (non-hydrogen) atoms. The molecule has 0 atom stereocenters. The van der Waals surface area contributed by atoms with Crippen molar-refractivity contribution in [3.8, 4) is 5.69 Å². The lowest BCUT2D eigenvalue weighted by molar-refractivity contribution is -0.138. The first-order valence-electron chi connectivity index (χ1n) is 12.6. The maximum absolute atomic E-state index is 13.2. The van der Waals surface area contributed by atoms with Gasteiger partial charge in [-0.1, -0.05) is 25.1 Å². The van der Waals surface area contributed by atoms with E-state index in [4.69, 9.17) is 5.10 Å². The van der Waals surface area contributed by atoms with Gasteiger partial charge in [0.05, 0.1) is 22.5 Å². The normalized spacial score (nSPS) is 18.1. The molecule has 0 N–H and O–H groups in total. The largest absolute Gasteiger partial charge is 0.353 e. The van der Waals surface area contributed by atoms with E-state index in [9.17, 15) is 4.79 Å². The van der Waals surface area contributed by atoms with E-state index < -0.39 is 0 Å². The van der Waals surface area contributed by atoms with Crippen molar-refractivity contribution >= 4 is 22.6 Å². The van der Waals surface area contributed by atoms with Crippen molar-refractivity contribution in [1.82, 2.24) is 29.8 Å². The van der Waals surface area contributed by atoms with Gasteiger partial charge >= 0.3 is 0 Å². The van der Waals surface area contributed by atoms with Gasteiger partial charge in [-0.25, -0.2) is 4.68 Å². The number of amides is 1. The number of carbonyl (C=O) groups excluding carboxylic acids is 1. The van der Waals surface area contributed by atoms with E-state index >= 15 is 0 Å². The molecule has 1 amide bonds. The molecule has 1 aromatic carbocycles. The Morgan fingerprint density at radius 1 is 0.971 bits per heavy atom. The third-order valence-electron chi connectivity index (χ3n) is 7.35. The summed E-state index contributed by atoms with van der Waals surface area (Å²) >= 11 is 0. The Balaban J connectivity index is 1.31. The highest BCUT2D eigenvalue weighted by molar-refractivity contribution is 5.92. The van der Waals surface area contributed by atoms with E-state index in [0.717, 1.165) is 92.5 Å². The van der Waals surface area contributed by atoms with Gasteiger partial charge in [0.1, 0.15) is 5.52 Å². The number of piperidine rings is 1. The Labute approximate surface area is 201 Å². The third kappa shape index (κ3) is 4.27. The number of hydrogen-bond donors (Lipinski definition) is 0.